The first-order valence-corrected chi connectivity index (χ1v) is 8.98. The lowest BCUT2D eigenvalue weighted by Crippen LogP contribution is -2.29. The zero-order valence-corrected chi connectivity index (χ0v) is 15.1. The first-order chi connectivity index (χ1) is 13.3. The van der Waals surface area contributed by atoms with Crippen molar-refractivity contribution < 1.29 is 9.53 Å². The fourth-order valence-corrected chi connectivity index (χ4v) is 3.19. The van der Waals surface area contributed by atoms with Crippen molar-refractivity contribution in [1.29, 1.82) is 0 Å². The molecule has 4 rings (SSSR count). The Morgan fingerprint density at radius 2 is 1.89 bits per heavy atom. The van der Waals surface area contributed by atoms with Crippen LogP contribution in [0.5, 0.6) is 5.75 Å². The van der Waals surface area contributed by atoms with E-state index in [1.54, 1.807) is 17.0 Å². The summed E-state index contributed by atoms with van der Waals surface area (Å²) in [6, 6.07) is 19.0. The summed E-state index contributed by atoms with van der Waals surface area (Å²) >= 11 is 0. The lowest BCUT2D eigenvalue weighted by Gasteiger charge is -2.16. The molecule has 2 aromatic carbocycles. The molecule has 0 saturated carbocycles. The molecule has 1 amide bonds. The summed E-state index contributed by atoms with van der Waals surface area (Å²) in [5, 5.41) is 11.5. The number of ether oxygens (including phenoxy) is 1. The van der Waals surface area contributed by atoms with Gasteiger partial charge in [-0.15, -0.1) is 10.2 Å². The predicted molar refractivity (Wildman–Crippen MR) is 105 cm³/mol. The van der Waals surface area contributed by atoms with Gasteiger partial charge in [0, 0.05) is 12.2 Å². The van der Waals surface area contributed by atoms with Crippen LogP contribution in [0, 0.1) is 0 Å². The molecule has 0 aliphatic carbocycles. The number of carbonyl (C=O) groups excluding carboxylic acids is 1. The van der Waals surface area contributed by atoms with Gasteiger partial charge in [0.25, 0.3) is 5.91 Å². The van der Waals surface area contributed by atoms with E-state index in [9.17, 15) is 4.79 Å². The van der Waals surface area contributed by atoms with E-state index < -0.39 is 0 Å². The number of hydrogen-bond donors (Lipinski definition) is 1. The van der Waals surface area contributed by atoms with Gasteiger partial charge in [0.2, 0.25) is 0 Å². The summed E-state index contributed by atoms with van der Waals surface area (Å²) in [7, 11) is 0. The number of fused-ring (bicyclic) bond motifs is 1. The van der Waals surface area contributed by atoms with Crippen LogP contribution >= 0.6 is 0 Å². The summed E-state index contributed by atoms with van der Waals surface area (Å²) in [5.41, 5.74) is 3.28. The van der Waals surface area contributed by atoms with Gasteiger partial charge in [0.15, 0.2) is 11.5 Å². The molecule has 0 fully saturated rings. The zero-order chi connectivity index (χ0) is 18.6. The molecule has 1 N–H and O–H groups in total. The van der Waals surface area contributed by atoms with E-state index in [1.807, 2.05) is 49.4 Å². The van der Waals surface area contributed by atoms with Crippen molar-refractivity contribution >= 4 is 23.1 Å². The van der Waals surface area contributed by atoms with Crippen LogP contribution in [0.4, 0.5) is 17.2 Å². The van der Waals surface area contributed by atoms with E-state index in [2.05, 4.69) is 21.6 Å². The van der Waals surface area contributed by atoms with Gasteiger partial charge in [0.1, 0.15) is 5.75 Å². The molecule has 136 valence electrons. The average molecular weight is 360 g/mol. The molecule has 0 bridgehead atoms. The highest BCUT2D eigenvalue weighted by Gasteiger charge is 2.26. The molecule has 2 heterocycles. The number of nitrogens with one attached hydrogen (secondary N) is 1. The molecule has 0 atom stereocenters. The van der Waals surface area contributed by atoms with E-state index >= 15 is 0 Å². The average Bonchev–Trinajstić information content (AvgIpc) is 3.14. The third-order valence-corrected chi connectivity index (χ3v) is 4.47. The molecule has 0 unspecified atom stereocenters. The number of para-hydroxylation sites is 3. The van der Waals surface area contributed by atoms with Crippen molar-refractivity contribution in [3.05, 3.63) is 71.9 Å². The van der Waals surface area contributed by atoms with E-state index in [-0.39, 0.29) is 5.91 Å². The van der Waals surface area contributed by atoms with Crippen molar-refractivity contribution in [3.8, 4) is 5.75 Å². The topological polar surface area (TPSA) is 67.3 Å². The van der Waals surface area contributed by atoms with Gasteiger partial charge in [-0.25, -0.2) is 0 Å². The van der Waals surface area contributed by atoms with Crippen molar-refractivity contribution in [3.63, 3.8) is 0 Å². The van der Waals surface area contributed by atoms with Gasteiger partial charge in [-0.2, -0.15) is 0 Å². The smallest absolute Gasteiger partial charge is 0.278 e. The van der Waals surface area contributed by atoms with Crippen LogP contribution in [0.25, 0.3) is 0 Å². The van der Waals surface area contributed by atoms with Crippen molar-refractivity contribution in [2.75, 3.05) is 23.4 Å². The Kier molecular flexibility index (Phi) is 4.70. The predicted octanol–water partition coefficient (Wildman–Crippen LogP) is 3.82. The number of hydrogen-bond acceptors (Lipinski definition) is 5. The minimum atomic E-state index is -0.131. The summed E-state index contributed by atoms with van der Waals surface area (Å²) in [5.74, 6) is 1.17. The van der Waals surface area contributed by atoms with Crippen LogP contribution in [-0.2, 0) is 6.42 Å². The van der Waals surface area contributed by atoms with E-state index in [0.29, 0.717) is 24.7 Å². The highest BCUT2D eigenvalue weighted by Crippen LogP contribution is 2.29. The first-order valence-electron chi connectivity index (χ1n) is 8.98. The molecule has 0 saturated heterocycles. The third kappa shape index (κ3) is 3.46. The summed E-state index contributed by atoms with van der Waals surface area (Å²) in [6.07, 6.45) is 0.864. The second-order valence-corrected chi connectivity index (χ2v) is 6.19. The third-order valence-electron chi connectivity index (χ3n) is 4.47. The van der Waals surface area contributed by atoms with Gasteiger partial charge in [0.05, 0.1) is 12.3 Å². The van der Waals surface area contributed by atoms with Crippen LogP contribution in [0.2, 0.25) is 0 Å². The Bertz CT molecular complexity index is 956. The minimum Gasteiger partial charge on any atom is -0.492 e. The molecular weight excluding hydrogens is 340 g/mol. The normalized spacial score (nSPS) is 12.6. The number of benzene rings is 2. The number of amides is 1. The second kappa shape index (κ2) is 7.45. The molecule has 1 aliphatic rings. The van der Waals surface area contributed by atoms with Crippen LogP contribution in [0.3, 0.4) is 0 Å². The van der Waals surface area contributed by atoms with E-state index in [4.69, 9.17) is 4.74 Å². The first kappa shape index (κ1) is 17.0. The lowest BCUT2D eigenvalue weighted by molar-refractivity contribution is 0.0983. The van der Waals surface area contributed by atoms with Crippen LogP contribution in [-0.4, -0.2) is 29.3 Å². The van der Waals surface area contributed by atoms with Crippen molar-refractivity contribution in [1.82, 2.24) is 10.2 Å². The van der Waals surface area contributed by atoms with Gasteiger partial charge >= 0.3 is 0 Å². The number of rotatable bonds is 5. The Morgan fingerprint density at radius 1 is 1.07 bits per heavy atom. The lowest BCUT2D eigenvalue weighted by atomic mass is 10.2. The molecule has 6 heteroatoms. The number of carbonyl (C=O) groups is 1. The quantitative estimate of drug-likeness (QED) is 0.749. The molecule has 0 radical (unpaired) electrons. The molecule has 27 heavy (non-hydrogen) atoms. The van der Waals surface area contributed by atoms with Crippen LogP contribution in [0.15, 0.2) is 60.7 Å². The molecule has 3 aromatic rings. The Morgan fingerprint density at radius 3 is 2.70 bits per heavy atom. The van der Waals surface area contributed by atoms with Gasteiger partial charge < -0.3 is 15.0 Å². The molecule has 1 aromatic heterocycles. The maximum atomic E-state index is 12.8. The second-order valence-electron chi connectivity index (χ2n) is 6.19. The van der Waals surface area contributed by atoms with E-state index in [1.165, 1.54) is 5.56 Å². The standard InChI is InChI=1S/C21H20N4O2/c1-2-27-19-10-6-4-8-16(19)22-20-12-11-17(23-24-20)21(26)25-14-13-15-7-3-5-9-18(15)25/h3-12H,2,13-14H2,1H3,(H,22,24). The van der Waals surface area contributed by atoms with Crippen LogP contribution < -0.4 is 15.0 Å². The molecular formula is C21H20N4O2. The van der Waals surface area contributed by atoms with E-state index in [0.717, 1.165) is 23.5 Å². The van der Waals surface area contributed by atoms with Gasteiger partial charge in [-0.05, 0) is 49.2 Å². The Balaban J connectivity index is 1.51. The fraction of sp³-hybridized carbons (Fsp3) is 0.190. The zero-order valence-electron chi connectivity index (χ0n) is 15.1. The highest BCUT2D eigenvalue weighted by molar-refractivity contribution is 6.06. The monoisotopic (exact) mass is 360 g/mol. The Labute approximate surface area is 157 Å². The summed E-state index contributed by atoms with van der Waals surface area (Å²) < 4.78 is 5.60. The summed E-state index contributed by atoms with van der Waals surface area (Å²) in [6.45, 7) is 3.18. The Hall–Kier alpha value is -3.41. The summed E-state index contributed by atoms with van der Waals surface area (Å²) in [4.78, 5) is 14.6. The number of nitrogens with zero attached hydrogens (tertiary/aromatic N) is 3. The van der Waals surface area contributed by atoms with Crippen molar-refractivity contribution in [2.45, 2.75) is 13.3 Å². The maximum Gasteiger partial charge on any atom is 0.278 e. The molecule has 1 aliphatic heterocycles. The fourth-order valence-electron chi connectivity index (χ4n) is 3.19. The SMILES string of the molecule is CCOc1ccccc1Nc1ccc(C(=O)N2CCc3ccccc32)nn1. The maximum absolute atomic E-state index is 12.8. The van der Waals surface area contributed by atoms with Crippen molar-refractivity contribution in [2.24, 2.45) is 0 Å². The largest absolute Gasteiger partial charge is 0.492 e. The highest BCUT2D eigenvalue weighted by atomic mass is 16.5. The number of anilines is 3. The minimum absolute atomic E-state index is 0.131. The van der Waals surface area contributed by atoms with Crippen LogP contribution in [0.1, 0.15) is 23.0 Å². The molecule has 0 spiro atoms. The van der Waals surface area contributed by atoms with Gasteiger partial charge in [-0.3, -0.25) is 4.79 Å². The molecule has 6 nitrogen and oxygen atoms in total. The number of aromatic nitrogens is 2. The van der Waals surface area contributed by atoms with Gasteiger partial charge in [-0.1, -0.05) is 30.3 Å².